The topological polar surface area (TPSA) is 55.0 Å². The molecule has 0 saturated carbocycles. The van der Waals surface area contributed by atoms with Crippen LogP contribution >= 0.6 is 0 Å². The molecule has 0 amide bonds. The quantitative estimate of drug-likeness (QED) is 0.328. The van der Waals surface area contributed by atoms with Gasteiger partial charge < -0.3 is 0 Å². The summed E-state index contributed by atoms with van der Waals surface area (Å²) >= 11 is 0. The van der Waals surface area contributed by atoms with Crippen LogP contribution in [0.25, 0.3) is 0 Å². The summed E-state index contributed by atoms with van der Waals surface area (Å²) in [7, 11) is 0. The van der Waals surface area contributed by atoms with Crippen LogP contribution < -0.4 is 11.5 Å². The van der Waals surface area contributed by atoms with Gasteiger partial charge in [0.1, 0.15) is 0 Å². The zero-order chi connectivity index (χ0) is 8.31. The maximum absolute atomic E-state index is 5.46. The third-order valence-electron chi connectivity index (χ3n) is 1.41. The Labute approximate surface area is 62.7 Å². The van der Waals surface area contributed by atoms with Crippen molar-refractivity contribution in [2.75, 3.05) is 0 Å². The maximum atomic E-state index is 5.46. The Bertz CT molecular complexity index is 122. The maximum Gasteiger partial charge on any atom is 0.341 e. The largest absolute Gasteiger partial charge is 0.341 e. The van der Waals surface area contributed by atoms with Gasteiger partial charge in [-0.05, 0) is 27.7 Å². The standard InChI is InChI=1S/C7H17N3/c1-5(2)10(6(3)4)7(8)9/h5-6H,1-4H3,(H3,8,9)/p+1. The highest BCUT2D eigenvalue weighted by atomic mass is 15.2. The van der Waals surface area contributed by atoms with Gasteiger partial charge in [0.15, 0.2) is 0 Å². The Kier molecular flexibility index (Phi) is 3.19. The van der Waals surface area contributed by atoms with Crippen LogP contribution in [0, 0.1) is 0 Å². The summed E-state index contributed by atoms with van der Waals surface area (Å²) in [5.74, 6) is 0.407. The lowest BCUT2D eigenvalue weighted by atomic mass is 10.3. The van der Waals surface area contributed by atoms with Crippen LogP contribution in [0.3, 0.4) is 0 Å². The van der Waals surface area contributed by atoms with E-state index in [1.165, 1.54) is 0 Å². The first-order valence-electron chi connectivity index (χ1n) is 3.63. The van der Waals surface area contributed by atoms with E-state index in [0.717, 1.165) is 0 Å². The number of guanidine groups is 1. The van der Waals surface area contributed by atoms with Gasteiger partial charge in [0, 0.05) is 0 Å². The van der Waals surface area contributed by atoms with Crippen LogP contribution in [0.15, 0.2) is 0 Å². The molecule has 0 aromatic carbocycles. The van der Waals surface area contributed by atoms with E-state index < -0.39 is 0 Å². The molecule has 0 atom stereocenters. The summed E-state index contributed by atoms with van der Waals surface area (Å²) in [6.07, 6.45) is 0. The summed E-state index contributed by atoms with van der Waals surface area (Å²) < 4.78 is 1.97. The molecule has 0 aliphatic carbocycles. The normalized spacial score (nSPS) is 10.6. The van der Waals surface area contributed by atoms with Crippen molar-refractivity contribution < 1.29 is 4.58 Å². The van der Waals surface area contributed by atoms with Gasteiger partial charge in [-0.25, -0.2) is 0 Å². The van der Waals surface area contributed by atoms with Gasteiger partial charge in [-0.1, -0.05) is 0 Å². The molecule has 10 heavy (non-hydrogen) atoms. The summed E-state index contributed by atoms with van der Waals surface area (Å²) in [5, 5.41) is 0. The van der Waals surface area contributed by atoms with Crippen LogP contribution in [0.5, 0.6) is 0 Å². The van der Waals surface area contributed by atoms with E-state index in [4.69, 9.17) is 11.5 Å². The lowest BCUT2D eigenvalue weighted by molar-refractivity contribution is -0.589. The van der Waals surface area contributed by atoms with Gasteiger partial charge in [-0.2, -0.15) is 0 Å². The molecule has 0 aromatic rings. The molecular weight excluding hydrogens is 126 g/mol. The first-order chi connectivity index (χ1) is 4.46. The molecule has 3 heteroatoms. The molecule has 0 unspecified atom stereocenters. The molecule has 0 aromatic heterocycles. The average Bonchev–Trinajstić information content (AvgIpc) is 1.59. The van der Waals surface area contributed by atoms with E-state index in [0.29, 0.717) is 18.0 Å². The zero-order valence-corrected chi connectivity index (χ0v) is 7.26. The summed E-state index contributed by atoms with van der Waals surface area (Å²) in [6.45, 7) is 8.28. The molecule has 0 aliphatic heterocycles. The van der Waals surface area contributed by atoms with Crippen LogP contribution in [-0.4, -0.2) is 22.6 Å². The molecule has 0 spiro atoms. The van der Waals surface area contributed by atoms with Crippen molar-refractivity contribution in [2.45, 2.75) is 39.8 Å². The van der Waals surface area contributed by atoms with Gasteiger partial charge in [0.05, 0.1) is 12.1 Å². The van der Waals surface area contributed by atoms with Crippen LogP contribution in [-0.2, 0) is 0 Å². The van der Waals surface area contributed by atoms with Crippen molar-refractivity contribution >= 4 is 5.96 Å². The Morgan fingerprint density at radius 3 is 1.30 bits per heavy atom. The second-order valence-corrected chi connectivity index (χ2v) is 3.02. The van der Waals surface area contributed by atoms with Gasteiger partial charge in [-0.3, -0.25) is 16.0 Å². The van der Waals surface area contributed by atoms with E-state index in [-0.39, 0.29) is 0 Å². The van der Waals surface area contributed by atoms with Crippen molar-refractivity contribution in [3.05, 3.63) is 0 Å². The smallest absolute Gasteiger partial charge is 0.291 e. The Balaban J connectivity index is 4.44. The fraction of sp³-hybridized carbons (Fsp3) is 0.857. The van der Waals surface area contributed by atoms with Crippen molar-refractivity contribution in [3.8, 4) is 0 Å². The third kappa shape index (κ3) is 2.25. The van der Waals surface area contributed by atoms with Crippen LogP contribution in [0.2, 0.25) is 0 Å². The second-order valence-electron chi connectivity index (χ2n) is 3.02. The Morgan fingerprint density at radius 2 is 1.30 bits per heavy atom. The molecule has 4 N–H and O–H groups in total. The van der Waals surface area contributed by atoms with E-state index >= 15 is 0 Å². The van der Waals surface area contributed by atoms with E-state index in [2.05, 4.69) is 27.7 Å². The van der Waals surface area contributed by atoms with Crippen molar-refractivity contribution in [3.63, 3.8) is 0 Å². The van der Waals surface area contributed by atoms with Crippen molar-refractivity contribution in [1.29, 1.82) is 0 Å². The molecule has 0 radical (unpaired) electrons. The summed E-state index contributed by atoms with van der Waals surface area (Å²) in [6, 6.07) is 0.759. The monoisotopic (exact) mass is 144 g/mol. The third-order valence-corrected chi connectivity index (χ3v) is 1.41. The van der Waals surface area contributed by atoms with E-state index in [1.807, 2.05) is 4.58 Å². The lowest BCUT2D eigenvalue weighted by Crippen LogP contribution is -2.42. The Morgan fingerprint density at radius 1 is 1.00 bits per heavy atom. The highest BCUT2D eigenvalue weighted by Gasteiger charge is 2.11. The molecule has 0 bridgehead atoms. The predicted molar refractivity (Wildman–Crippen MR) is 43.9 cm³/mol. The molecule has 0 rings (SSSR count). The fourth-order valence-electron chi connectivity index (χ4n) is 1.19. The minimum absolute atomic E-state index is 0.380. The van der Waals surface area contributed by atoms with Crippen molar-refractivity contribution in [2.24, 2.45) is 11.5 Å². The van der Waals surface area contributed by atoms with Crippen molar-refractivity contribution in [1.82, 2.24) is 0 Å². The summed E-state index contributed by atoms with van der Waals surface area (Å²) in [5.41, 5.74) is 10.9. The van der Waals surface area contributed by atoms with Gasteiger partial charge >= 0.3 is 5.96 Å². The molecule has 0 heterocycles. The van der Waals surface area contributed by atoms with Gasteiger partial charge in [-0.15, -0.1) is 0 Å². The fourth-order valence-corrected chi connectivity index (χ4v) is 1.19. The SMILES string of the molecule is CC(C)[N+](=C(N)N)C(C)C. The molecular formula is C7H18N3+. The average molecular weight is 144 g/mol. The number of rotatable bonds is 2. The first-order valence-corrected chi connectivity index (χ1v) is 3.63. The van der Waals surface area contributed by atoms with Gasteiger partial charge in [0.25, 0.3) is 0 Å². The number of nitrogens with two attached hydrogens (primary N) is 2. The first kappa shape index (κ1) is 9.27. The second kappa shape index (κ2) is 3.44. The van der Waals surface area contributed by atoms with Gasteiger partial charge in [0.2, 0.25) is 0 Å². The Hall–Kier alpha value is -0.730. The highest BCUT2D eigenvalue weighted by molar-refractivity contribution is 5.70. The van der Waals surface area contributed by atoms with E-state index in [1.54, 1.807) is 0 Å². The summed E-state index contributed by atoms with van der Waals surface area (Å²) in [4.78, 5) is 0. The van der Waals surface area contributed by atoms with Crippen LogP contribution in [0.1, 0.15) is 27.7 Å². The minimum Gasteiger partial charge on any atom is -0.291 e. The minimum atomic E-state index is 0.380. The molecule has 0 saturated heterocycles. The highest BCUT2D eigenvalue weighted by Crippen LogP contribution is 1.94. The van der Waals surface area contributed by atoms with E-state index in [9.17, 15) is 0 Å². The number of nitrogens with zero attached hydrogens (tertiary/aromatic N) is 1. The molecule has 60 valence electrons. The number of hydrogen-bond donors (Lipinski definition) is 2. The number of hydrogen-bond acceptors (Lipinski definition) is 0. The molecule has 0 aliphatic rings. The molecule has 3 nitrogen and oxygen atoms in total. The lowest BCUT2D eigenvalue weighted by Gasteiger charge is -2.16. The predicted octanol–water partition coefficient (Wildman–Crippen LogP) is 0.0891. The molecule has 0 fully saturated rings. The van der Waals surface area contributed by atoms with Crippen LogP contribution in [0.4, 0.5) is 0 Å². The zero-order valence-electron chi connectivity index (χ0n) is 7.26.